The Bertz CT molecular complexity index is 364. The van der Waals surface area contributed by atoms with Gasteiger partial charge in [0.1, 0.15) is 6.10 Å². The minimum Gasteiger partial charge on any atom is -0.376 e. The van der Waals surface area contributed by atoms with E-state index in [-0.39, 0.29) is 17.6 Å². The highest BCUT2D eigenvalue weighted by atomic mass is 32.1. The zero-order valence-electron chi connectivity index (χ0n) is 10.7. The van der Waals surface area contributed by atoms with Gasteiger partial charge in [-0.15, -0.1) is 11.3 Å². The zero-order valence-corrected chi connectivity index (χ0v) is 11.5. The third kappa shape index (κ3) is 3.07. The first kappa shape index (κ1) is 13.0. The third-order valence-electron chi connectivity index (χ3n) is 2.94. The van der Waals surface area contributed by atoms with Gasteiger partial charge >= 0.3 is 0 Å². The average Bonchev–Trinajstić information content (AvgIpc) is 2.78. The van der Waals surface area contributed by atoms with Gasteiger partial charge in [-0.2, -0.15) is 0 Å². The fourth-order valence-electron chi connectivity index (χ4n) is 1.83. The Kier molecular flexibility index (Phi) is 3.88. The van der Waals surface area contributed by atoms with Crippen molar-refractivity contribution in [3.05, 3.63) is 21.9 Å². The van der Waals surface area contributed by atoms with Crippen molar-refractivity contribution in [3.63, 3.8) is 0 Å². The molecule has 0 saturated carbocycles. The van der Waals surface area contributed by atoms with E-state index in [1.54, 1.807) is 11.3 Å². The predicted octanol–water partition coefficient (Wildman–Crippen LogP) is 2.46. The zero-order chi connectivity index (χ0) is 12.5. The van der Waals surface area contributed by atoms with Gasteiger partial charge < -0.3 is 15.2 Å². The fraction of sp³-hybridized carbons (Fsp3) is 0.692. The molecule has 0 aromatic carbocycles. The smallest absolute Gasteiger partial charge is 0.101 e. The molecule has 0 bridgehead atoms. The molecule has 3 nitrogen and oxygen atoms in total. The van der Waals surface area contributed by atoms with Crippen LogP contribution >= 0.6 is 11.3 Å². The van der Waals surface area contributed by atoms with Crippen LogP contribution in [0.3, 0.4) is 0 Å². The topological polar surface area (TPSA) is 44.5 Å². The number of ether oxygens (including phenoxy) is 2. The van der Waals surface area contributed by atoms with Crippen molar-refractivity contribution in [1.29, 1.82) is 0 Å². The van der Waals surface area contributed by atoms with Crippen LogP contribution in [0, 0.1) is 0 Å². The second-order valence-corrected chi connectivity index (χ2v) is 6.58. The maximum atomic E-state index is 6.23. The number of thiophene rings is 1. The van der Waals surface area contributed by atoms with Crippen LogP contribution in [0.2, 0.25) is 0 Å². The summed E-state index contributed by atoms with van der Waals surface area (Å²) in [5.74, 6) is 0. The molecule has 1 aromatic rings. The van der Waals surface area contributed by atoms with Crippen molar-refractivity contribution in [1.82, 2.24) is 0 Å². The van der Waals surface area contributed by atoms with Crippen LogP contribution in [0.1, 0.15) is 36.6 Å². The first-order valence-electron chi connectivity index (χ1n) is 6.03. The van der Waals surface area contributed by atoms with Gasteiger partial charge in [0.05, 0.1) is 25.9 Å². The largest absolute Gasteiger partial charge is 0.376 e. The van der Waals surface area contributed by atoms with Crippen molar-refractivity contribution < 1.29 is 9.47 Å². The molecular weight excluding hydrogens is 234 g/mol. The molecule has 2 heterocycles. The molecule has 2 atom stereocenters. The molecule has 0 radical (unpaired) electrons. The second-order valence-electron chi connectivity index (χ2n) is 5.46. The van der Waals surface area contributed by atoms with Gasteiger partial charge in [0, 0.05) is 9.75 Å². The molecule has 0 amide bonds. The summed E-state index contributed by atoms with van der Waals surface area (Å²) in [6, 6.07) is 4.22. The predicted molar refractivity (Wildman–Crippen MR) is 70.5 cm³/mol. The van der Waals surface area contributed by atoms with E-state index in [0.717, 1.165) is 0 Å². The summed E-state index contributed by atoms with van der Waals surface area (Å²) < 4.78 is 11.0. The average molecular weight is 255 g/mol. The van der Waals surface area contributed by atoms with Gasteiger partial charge in [-0.1, -0.05) is 20.8 Å². The van der Waals surface area contributed by atoms with Crippen molar-refractivity contribution in [2.24, 2.45) is 5.73 Å². The van der Waals surface area contributed by atoms with Gasteiger partial charge in [-0.25, -0.2) is 0 Å². The third-order valence-corrected chi connectivity index (χ3v) is 4.55. The van der Waals surface area contributed by atoms with Crippen LogP contribution in [0.15, 0.2) is 12.1 Å². The standard InChI is InChI=1S/C13H21NO2S/c1-13(2,3)11-5-4-10(17-11)12(14)9-8-15-6-7-16-9/h4-5,9,12H,6-8,14H2,1-3H3. The lowest BCUT2D eigenvalue weighted by atomic mass is 9.95. The minimum absolute atomic E-state index is 0.00443. The molecule has 2 N–H and O–H groups in total. The molecule has 1 aliphatic rings. The van der Waals surface area contributed by atoms with E-state index in [2.05, 4.69) is 32.9 Å². The van der Waals surface area contributed by atoms with E-state index in [1.165, 1.54) is 9.75 Å². The van der Waals surface area contributed by atoms with E-state index in [9.17, 15) is 0 Å². The SMILES string of the molecule is CC(C)(C)c1ccc(C(N)C2COCCO2)s1. The highest BCUT2D eigenvalue weighted by molar-refractivity contribution is 7.12. The van der Waals surface area contributed by atoms with Crippen molar-refractivity contribution in [2.75, 3.05) is 19.8 Å². The molecule has 1 aliphatic heterocycles. The monoisotopic (exact) mass is 255 g/mol. The maximum absolute atomic E-state index is 6.23. The Balaban J connectivity index is 2.08. The lowest BCUT2D eigenvalue weighted by molar-refractivity contribution is -0.0971. The summed E-state index contributed by atoms with van der Waals surface area (Å²) in [4.78, 5) is 2.55. The summed E-state index contributed by atoms with van der Waals surface area (Å²) in [6.07, 6.45) is -0.00443. The van der Waals surface area contributed by atoms with Crippen molar-refractivity contribution >= 4 is 11.3 Å². The lowest BCUT2D eigenvalue weighted by Gasteiger charge is -2.27. The van der Waals surface area contributed by atoms with Crippen LogP contribution in [-0.4, -0.2) is 25.9 Å². The quantitative estimate of drug-likeness (QED) is 0.883. The maximum Gasteiger partial charge on any atom is 0.101 e. The number of rotatable bonds is 2. The fourth-order valence-corrected chi connectivity index (χ4v) is 2.95. The lowest BCUT2D eigenvalue weighted by Crippen LogP contribution is -2.37. The number of hydrogen-bond donors (Lipinski definition) is 1. The minimum atomic E-state index is -0.0728. The van der Waals surface area contributed by atoms with Gasteiger partial charge in [-0.05, 0) is 17.5 Å². The van der Waals surface area contributed by atoms with Crippen LogP contribution in [0.5, 0.6) is 0 Å². The Morgan fingerprint density at radius 3 is 2.65 bits per heavy atom. The summed E-state index contributed by atoms with van der Waals surface area (Å²) in [6.45, 7) is 8.58. The molecule has 1 fully saturated rings. The Hall–Kier alpha value is -0.420. The van der Waals surface area contributed by atoms with Crippen LogP contribution < -0.4 is 5.73 Å². The summed E-state index contributed by atoms with van der Waals surface area (Å²) in [7, 11) is 0. The van der Waals surface area contributed by atoms with Gasteiger partial charge in [0.2, 0.25) is 0 Å². The van der Waals surface area contributed by atoms with E-state index >= 15 is 0 Å². The van der Waals surface area contributed by atoms with E-state index in [4.69, 9.17) is 15.2 Å². The summed E-state index contributed by atoms with van der Waals surface area (Å²) in [5, 5.41) is 0. The molecule has 4 heteroatoms. The van der Waals surface area contributed by atoms with Gasteiger partial charge in [-0.3, -0.25) is 0 Å². The first-order chi connectivity index (χ1) is 7.98. The molecule has 0 aliphatic carbocycles. The van der Waals surface area contributed by atoms with E-state index < -0.39 is 0 Å². The molecule has 1 saturated heterocycles. The van der Waals surface area contributed by atoms with Crippen LogP contribution in [0.4, 0.5) is 0 Å². The first-order valence-corrected chi connectivity index (χ1v) is 6.85. The number of nitrogens with two attached hydrogens (primary N) is 1. The van der Waals surface area contributed by atoms with Crippen molar-refractivity contribution in [3.8, 4) is 0 Å². The normalized spacial score (nSPS) is 23.6. The van der Waals surface area contributed by atoms with Crippen LogP contribution in [-0.2, 0) is 14.9 Å². The second kappa shape index (κ2) is 5.06. The Morgan fingerprint density at radius 1 is 1.35 bits per heavy atom. The Labute approximate surface area is 107 Å². The summed E-state index contributed by atoms with van der Waals surface area (Å²) in [5.41, 5.74) is 6.42. The van der Waals surface area contributed by atoms with E-state index in [0.29, 0.717) is 19.8 Å². The Morgan fingerprint density at radius 2 is 2.12 bits per heavy atom. The van der Waals surface area contributed by atoms with Crippen LogP contribution in [0.25, 0.3) is 0 Å². The molecule has 96 valence electrons. The molecule has 0 spiro atoms. The molecule has 2 unspecified atom stereocenters. The highest BCUT2D eigenvalue weighted by Gasteiger charge is 2.26. The van der Waals surface area contributed by atoms with E-state index in [1.807, 2.05) is 0 Å². The van der Waals surface area contributed by atoms with Gasteiger partial charge in [0.15, 0.2) is 0 Å². The highest BCUT2D eigenvalue weighted by Crippen LogP contribution is 2.33. The summed E-state index contributed by atoms with van der Waals surface area (Å²) >= 11 is 1.78. The molecular formula is C13H21NO2S. The molecule has 1 aromatic heterocycles. The molecule has 2 rings (SSSR count). The number of hydrogen-bond acceptors (Lipinski definition) is 4. The van der Waals surface area contributed by atoms with Crippen molar-refractivity contribution in [2.45, 2.75) is 38.3 Å². The molecule has 17 heavy (non-hydrogen) atoms. The van der Waals surface area contributed by atoms with Gasteiger partial charge in [0.25, 0.3) is 0 Å².